The molecule has 0 unspecified atom stereocenters. The lowest BCUT2D eigenvalue weighted by Crippen LogP contribution is -2.04. The van der Waals surface area contributed by atoms with Crippen LogP contribution in [0.15, 0.2) is 42.6 Å². The number of ketones is 1. The third kappa shape index (κ3) is 3.28. The maximum atomic E-state index is 12.3. The van der Waals surface area contributed by atoms with Crippen LogP contribution in [-0.2, 0) is 7.05 Å². The van der Waals surface area contributed by atoms with Crippen molar-refractivity contribution in [2.24, 2.45) is 7.05 Å². The van der Waals surface area contributed by atoms with Crippen LogP contribution in [0.3, 0.4) is 0 Å². The van der Waals surface area contributed by atoms with Gasteiger partial charge in [0.15, 0.2) is 0 Å². The van der Waals surface area contributed by atoms with Crippen LogP contribution in [0.4, 0.5) is 8.78 Å². The van der Waals surface area contributed by atoms with Gasteiger partial charge in [0.25, 0.3) is 0 Å². The van der Waals surface area contributed by atoms with Gasteiger partial charge in [-0.15, -0.1) is 0 Å². The Kier molecular flexibility index (Phi) is 4.24. The average Bonchev–Trinajstić information content (AvgIpc) is 2.83. The second kappa shape index (κ2) is 6.10. The first kappa shape index (κ1) is 13.9. The molecule has 0 aliphatic carbocycles. The van der Waals surface area contributed by atoms with Crippen molar-refractivity contribution in [2.45, 2.75) is 6.61 Å². The molecule has 6 heteroatoms. The van der Waals surface area contributed by atoms with E-state index in [0.717, 1.165) is 0 Å². The molecular formula is C14H12F2N2O2. The maximum Gasteiger partial charge on any atom is 0.387 e. The van der Waals surface area contributed by atoms with Crippen molar-refractivity contribution in [1.82, 2.24) is 9.78 Å². The van der Waals surface area contributed by atoms with Gasteiger partial charge < -0.3 is 4.74 Å². The monoisotopic (exact) mass is 278 g/mol. The maximum absolute atomic E-state index is 12.3. The van der Waals surface area contributed by atoms with Gasteiger partial charge in [-0.2, -0.15) is 13.9 Å². The molecule has 0 saturated heterocycles. The largest absolute Gasteiger partial charge is 0.434 e. The van der Waals surface area contributed by atoms with E-state index in [9.17, 15) is 13.6 Å². The molecule has 2 aromatic rings. The summed E-state index contributed by atoms with van der Waals surface area (Å²) < 4.78 is 30.3. The molecule has 1 heterocycles. The van der Waals surface area contributed by atoms with E-state index in [1.165, 1.54) is 29.1 Å². The van der Waals surface area contributed by atoms with Gasteiger partial charge in [-0.05, 0) is 24.3 Å². The molecule has 0 aliphatic rings. The van der Waals surface area contributed by atoms with E-state index in [0.29, 0.717) is 11.3 Å². The highest BCUT2D eigenvalue weighted by Crippen LogP contribution is 2.21. The van der Waals surface area contributed by atoms with Gasteiger partial charge in [0, 0.05) is 18.8 Å². The number of para-hydroxylation sites is 1. The Morgan fingerprint density at radius 2 is 2.10 bits per heavy atom. The van der Waals surface area contributed by atoms with Gasteiger partial charge in [0.05, 0.1) is 0 Å². The highest BCUT2D eigenvalue weighted by Gasteiger charge is 2.09. The number of alkyl halides is 2. The molecule has 0 fully saturated rings. The number of carbonyl (C=O) groups excluding carboxylic acids is 1. The third-order valence-electron chi connectivity index (χ3n) is 2.62. The summed E-state index contributed by atoms with van der Waals surface area (Å²) in [5.41, 5.74) is 0.817. The molecule has 0 saturated carbocycles. The molecule has 104 valence electrons. The van der Waals surface area contributed by atoms with Crippen LogP contribution >= 0.6 is 0 Å². The van der Waals surface area contributed by atoms with Crippen molar-refractivity contribution in [1.29, 1.82) is 0 Å². The van der Waals surface area contributed by atoms with Crippen LogP contribution in [-0.4, -0.2) is 22.2 Å². The van der Waals surface area contributed by atoms with Gasteiger partial charge in [-0.25, -0.2) is 0 Å². The Hall–Kier alpha value is -2.50. The number of rotatable bonds is 5. The summed E-state index contributed by atoms with van der Waals surface area (Å²) in [5, 5.41) is 3.89. The first-order valence-electron chi connectivity index (χ1n) is 5.82. The lowest BCUT2D eigenvalue weighted by molar-refractivity contribution is -0.0499. The molecule has 4 nitrogen and oxygen atoms in total. The van der Waals surface area contributed by atoms with E-state index in [1.54, 1.807) is 31.3 Å². The van der Waals surface area contributed by atoms with Crippen molar-refractivity contribution in [2.75, 3.05) is 0 Å². The Labute approximate surface area is 114 Å². The Morgan fingerprint density at radius 3 is 2.75 bits per heavy atom. The average molecular weight is 278 g/mol. The molecule has 0 aliphatic heterocycles. The van der Waals surface area contributed by atoms with Crippen molar-refractivity contribution < 1.29 is 18.3 Å². The lowest BCUT2D eigenvalue weighted by atomic mass is 10.1. The molecule has 1 aromatic carbocycles. The number of hydrogen-bond donors (Lipinski definition) is 0. The zero-order valence-corrected chi connectivity index (χ0v) is 10.7. The van der Waals surface area contributed by atoms with E-state index in [4.69, 9.17) is 0 Å². The molecule has 0 atom stereocenters. The van der Waals surface area contributed by atoms with Crippen LogP contribution in [0.1, 0.15) is 16.1 Å². The molecule has 0 N–H and O–H groups in total. The zero-order chi connectivity index (χ0) is 14.5. The van der Waals surface area contributed by atoms with Crippen LogP contribution in [0, 0.1) is 0 Å². The third-order valence-corrected chi connectivity index (χ3v) is 2.62. The lowest BCUT2D eigenvalue weighted by Gasteiger charge is -2.07. The van der Waals surface area contributed by atoms with Gasteiger partial charge >= 0.3 is 6.61 Å². The molecular weight excluding hydrogens is 266 g/mol. The van der Waals surface area contributed by atoms with E-state index in [2.05, 4.69) is 9.84 Å². The van der Waals surface area contributed by atoms with Crippen LogP contribution in [0.25, 0.3) is 6.08 Å². The molecule has 1 aromatic heterocycles. The quantitative estimate of drug-likeness (QED) is 0.624. The minimum Gasteiger partial charge on any atom is -0.434 e. The zero-order valence-electron chi connectivity index (χ0n) is 10.7. The van der Waals surface area contributed by atoms with Crippen molar-refractivity contribution in [3.05, 3.63) is 53.9 Å². The molecule has 0 amide bonds. The number of hydrogen-bond acceptors (Lipinski definition) is 3. The Balaban J connectivity index is 2.19. The second-order valence-corrected chi connectivity index (χ2v) is 3.95. The van der Waals surface area contributed by atoms with E-state index in [-0.39, 0.29) is 11.5 Å². The normalized spacial score (nSPS) is 11.2. The van der Waals surface area contributed by atoms with Crippen molar-refractivity contribution in [3.63, 3.8) is 0 Å². The van der Waals surface area contributed by atoms with Gasteiger partial charge in [-0.3, -0.25) is 9.48 Å². The minimum absolute atomic E-state index is 0.0246. The van der Waals surface area contributed by atoms with Gasteiger partial charge in [-0.1, -0.05) is 18.2 Å². The molecule has 0 spiro atoms. The SMILES string of the molecule is Cn1nccc1C(=O)/C=C/c1ccccc1OC(F)F. The minimum atomic E-state index is -2.91. The Morgan fingerprint density at radius 1 is 1.35 bits per heavy atom. The Bertz CT molecular complexity index is 636. The molecule has 0 radical (unpaired) electrons. The number of benzene rings is 1. The highest BCUT2D eigenvalue weighted by molar-refractivity contribution is 6.05. The molecule has 20 heavy (non-hydrogen) atoms. The van der Waals surface area contributed by atoms with E-state index >= 15 is 0 Å². The van der Waals surface area contributed by atoms with Gasteiger partial charge in [0.1, 0.15) is 11.4 Å². The van der Waals surface area contributed by atoms with Crippen LogP contribution in [0.2, 0.25) is 0 Å². The number of aromatic nitrogens is 2. The summed E-state index contributed by atoms with van der Waals surface area (Å²) >= 11 is 0. The smallest absolute Gasteiger partial charge is 0.387 e. The topological polar surface area (TPSA) is 44.1 Å². The predicted octanol–water partition coefficient (Wildman–Crippen LogP) is 2.92. The summed E-state index contributed by atoms with van der Waals surface area (Å²) in [6, 6.07) is 7.84. The fourth-order valence-corrected chi connectivity index (χ4v) is 1.69. The van der Waals surface area contributed by atoms with Crippen LogP contribution < -0.4 is 4.74 Å². The van der Waals surface area contributed by atoms with Crippen molar-refractivity contribution >= 4 is 11.9 Å². The molecule has 0 bridgehead atoms. The second-order valence-electron chi connectivity index (χ2n) is 3.95. The fraction of sp³-hybridized carbons (Fsp3) is 0.143. The standard InChI is InChI=1S/C14H12F2N2O2/c1-18-11(8-9-17-18)12(19)7-6-10-4-2-3-5-13(10)20-14(15)16/h2-9,14H,1H3/b7-6+. The summed E-state index contributed by atoms with van der Waals surface area (Å²) in [6.45, 7) is -2.91. The van der Waals surface area contributed by atoms with E-state index in [1.807, 2.05) is 0 Å². The number of nitrogens with zero attached hydrogens (tertiary/aromatic N) is 2. The summed E-state index contributed by atoms with van der Waals surface area (Å²) in [7, 11) is 1.65. The highest BCUT2D eigenvalue weighted by atomic mass is 19.3. The number of aryl methyl sites for hydroxylation is 1. The first-order valence-corrected chi connectivity index (χ1v) is 5.82. The van der Waals surface area contributed by atoms with E-state index < -0.39 is 6.61 Å². The van der Waals surface area contributed by atoms with Gasteiger partial charge in [0.2, 0.25) is 5.78 Å². The summed E-state index contributed by atoms with van der Waals surface area (Å²) in [6.07, 6.45) is 4.24. The predicted molar refractivity (Wildman–Crippen MR) is 69.6 cm³/mol. The van der Waals surface area contributed by atoms with Crippen molar-refractivity contribution in [3.8, 4) is 5.75 Å². The first-order chi connectivity index (χ1) is 9.58. The fourth-order valence-electron chi connectivity index (χ4n) is 1.69. The number of ether oxygens (including phenoxy) is 1. The number of halogens is 2. The summed E-state index contributed by atoms with van der Waals surface area (Å²) in [4.78, 5) is 11.9. The summed E-state index contributed by atoms with van der Waals surface area (Å²) in [5.74, 6) is -0.242. The number of allylic oxidation sites excluding steroid dienone is 1. The molecule has 2 rings (SSSR count). The van der Waals surface area contributed by atoms with Crippen LogP contribution in [0.5, 0.6) is 5.75 Å². The number of carbonyl (C=O) groups is 1.